The fraction of sp³-hybridized carbons (Fsp3) is 0.462. The van der Waals surface area contributed by atoms with Gasteiger partial charge in [-0.15, -0.1) is 0 Å². The third-order valence-electron chi connectivity index (χ3n) is 2.88. The summed E-state index contributed by atoms with van der Waals surface area (Å²) in [4.78, 5) is 11.6. The minimum Gasteiger partial charge on any atom is -0.462 e. The third-order valence-corrected chi connectivity index (χ3v) is 2.88. The lowest BCUT2D eigenvalue weighted by Crippen LogP contribution is -2.32. The van der Waals surface area contributed by atoms with Crippen molar-refractivity contribution in [2.24, 2.45) is 0 Å². The van der Waals surface area contributed by atoms with Crippen molar-refractivity contribution in [1.29, 1.82) is 0 Å². The lowest BCUT2D eigenvalue weighted by molar-refractivity contribution is 0.0526. The standard InChI is InChI=1S/C13H17NO2/c1-3-16-13(15)10-4-5-11-8-14-9(2)6-12(11)7-10/h4-5,7,9,14H,3,6,8H2,1-2H3. The molecule has 0 saturated carbocycles. The molecule has 1 aliphatic heterocycles. The molecule has 1 heterocycles. The molecular formula is C13H17NO2. The van der Waals surface area contributed by atoms with Crippen LogP contribution in [0.5, 0.6) is 0 Å². The molecule has 1 unspecified atom stereocenters. The molecule has 0 aliphatic carbocycles. The highest BCUT2D eigenvalue weighted by molar-refractivity contribution is 5.89. The van der Waals surface area contributed by atoms with Crippen LogP contribution in [0.4, 0.5) is 0 Å². The van der Waals surface area contributed by atoms with Gasteiger partial charge in [-0.2, -0.15) is 0 Å². The first-order valence-electron chi connectivity index (χ1n) is 5.73. The number of ether oxygens (including phenoxy) is 1. The Labute approximate surface area is 95.8 Å². The molecule has 0 spiro atoms. The highest BCUT2D eigenvalue weighted by atomic mass is 16.5. The summed E-state index contributed by atoms with van der Waals surface area (Å²) in [7, 11) is 0. The highest BCUT2D eigenvalue weighted by Gasteiger charge is 2.16. The zero-order chi connectivity index (χ0) is 11.5. The Balaban J connectivity index is 2.24. The topological polar surface area (TPSA) is 38.3 Å². The Morgan fingerprint density at radius 3 is 3.06 bits per heavy atom. The first-order chi connectivity index (χ1) is 7.70. The van der Waals surface area contributed by atoms with E-state index in [0.717, 1.165) is 13.0 Å². The molecule has 0 fully saturated rings. The van der Waals surface area contributed by atoms with Crippen LogP contribution in [-0.4, -0.2) is 18.6 Å². The van der Waals surface area contributed by atoms with Crippen molar-refractivity contribution in [3.05, 3.63) is 34.9 Å². The van der Waals surface area contributed by atoms with E-state index in [2.05, 4.69) is 12.2 Å². The highest BCUT2D eigenvalue weighted by Crippen LogP contribution is 2.18. The molecule has 16 heavy (non-hydrogen) atoms. The van der Waals surface area contributed by atoms with Crippen molar-refractivity contribution in [3.63, 3.8) is 0 Å². The molecule has 2 rings (SSSR count). The molecule has 0 saturated heterocycles. The summed E-state index contributed by atoms with van der Waals surface area (Å²) >= 11 is 0. The minimum atomic E-state index is -0.225. The van der Waals surface area contributed by atoms with Gasteiger partial charge in [-0.05, 0) is 43.5 Å². The lowest BCUT2D eigenvalue weighted by Gasteiger charge is -2.23. The number of carbonyl (C=O) groups is 1. The normalized spacial score (nSPS) is 19.0. The zero-order valence-electron chi connectivity index (χ0n) is 9.75. The van der Waals surface area contributed by atoms with Crippen LogP contribution in [0.15, 0.2) is 18.2 Å². The lowest BCUT2D eigenvalue weighted by atomic mass is 9.95. The van der Waals surface area contributed by atoms with E-state index in [1.165, 1.54) is 11.1 Å². The smallest absolute Gasteiger partial charge is 0.338 e. The van der Waals surface area contributed by atoms with Crippen molar-refractivity contribution in [3.8, 4) is 0 Å². The molecule has 1 N–H and O–H groups in total. The summed E-state index contributed by atoms with van der Waals surface area (Å²) in [5, 5.41) is 3.40. The van der Waals surface area contributed by atoms with Gasteiger partial charge >= 0.3 is 5.97 Å². The summed E-state index contributed by atoms with van der Waals surface area (Å²) in [5.74, 6) is -0.225. The van der Waals surface area contributed by atoms with Gasteiger partial charge in [-0.3, -0.25) is 0 Å². The van der Waals surface area contributed by atoms with E-state index in [9.17, 15) is 4.79 Å². The van der Waals surface area contributed by atoms with Crippen molar-refractivity contribution in [2.45, 2.75) is 32.9 Å². The number of hydrogen-bond donors (Lipinski definition) is 1. The number of benzene rings is 1. The van der Waals surface area contributed by atoms with E-state index in [0.29, 0.717) is 18.2 Å². The summed E-state index contributed by atoms with van der Waals surface area (Å²) in [6.07, 6.45) is 0.975. The van der Waals surface area contributed by atoms with E-state index >= 15 is 0 Å². The van der Waals surface area contributed by atoms with Gasteiger partial charge in [0.1, 0.15) is 0 Å². The predicted octanol–water partition coefficient (Wildman–Crippen LogP) is 1.90. The SMILES string of the molecule is CCOC(=O)c1ccc2c(c1)CC(C)NC2. The second kappa shape index (κ2) is 4.66. The average Bonchev–Trinajstić information content (AvgIpc) is 2.28. The summed E-state index contributed by atoms with van der Waals surface area (Å²) < 4.78 is 4.99. The Hall–Kier alpha value is -1.35. The molecule has 0 amide bonds. The number of carbonyl (C=O) groups excluding carboxylic acids is 1. The fourth-order valence-electron chi connectivity index (χ4n) is 2.02. The molecule has 1 aromatic carbocycles. The first-order valence-corrected chi connectivity index (χ1v) is 5.73. The molecule has 1 aromatic rings. The van der Waals surface area contributed by atoms with Gasteiger partial charge in [-0.25, -0.2) is 4.79 Å². The fourth-order valence-corrected chi connectivity index (χ4v) is 2.02. The monoisotopic (exact) mass is 219 g/mol. The van der Waals surface area contributed by atoms with Gasteiger partial charge in [0.25, 0.3) is 0 Å². The van der Waals surface area contributed by atoms with Crippen LogP contribution in [0, 0.1) is 0 Å². The van der Waals surface area contributed by atoms with Gasteiger partial charge in [-0.1, -0.05) is 6.07 Å². The van der Waals surface area contributed by atoms with Crippen molar-refractivity contribution in [2.75, 3.05) is 6.61 Å². The molecule has 0 aromatic heterocycles. The van der Waals surface area contributed by atoms with Crippen molar-refractivity contribution in [1.82, 2.24) is 5.32 Å². The minimum absolute atomic E-state index is 0.225. The van der Waals surface area contributed by atoms with E-state index in [1.54, 1.807) is 0 Å². The number of hydrogen-bond acceptors (Lipinski definition) is 3. The molecule has 1 aliphatic rings. The van der Waals surface area contributed by atoms with E-state index in [4.69, 9.17) is 4.74 Å². The Morgan fingerprint density at radius 1 is 1.50 bits per heavy atom. The maximum atomic E-state index is 11.6. The van der Waals surface area contributed by atoms with Gasteiger partial charge in [0, 0.05) is 12.6 Å². The number of rotatable bonds is 2. The summed E-state index contributed by atoms with van der Waals surface area (Å²) in [6.45, 7) is 5.29. The van der Waals surface area contributed by atoms with E-state index in [1.807, 2.05) is 25.1 Å². The van der Waals surface area contributed by atoms with Crippen molar-refractivity contribution >= 4 is 5.97 Å². The van der Waals surface area contributed by atoms with Crippen molar-refractivity contribution < 1.29 is 9.53 Å². The van der Waals surface area contributed by atoms with Crippen LogP contribution >= 0.6 is 0 Å². The van der Waals surface area contributed by atoms with Crippen LogP contribution in [0.2, 0.25) is 0 Å². The Morgan fingerprint density at radius 2 is 2.31 bits per heavy atom. The molecule has 3 heteroatoms. The van der Waals surface area contributed by atoms with Crippen LogP contribution in [0.25, 0.3) is 0 Å². The summed E-state index contributed by atoms with van der Waals surface area (Å²) in [5.41, 5.74) is 3.21. The van der Waals surface area contributed by atoms with Gasteiger partial charge < -0.3 is 10.1 Å². The quantitative estimate of drug-likeness (QED) is 0.772. The van der Waals surface area contributed by atoms with Gasteiger partial charge in [0.2, 0.25) is 0 Å². The predicted molar refractivity (Wildman–Crippen MR) is 62.4 cm³/mol. The molecule has 1 atom stereocenters. The Kier molecular flexibility index (Phi) is 3.25. The van der Waals surface area contributed by atoms with Gasteiger partial charge in [0.05, 0.1) is 12.2 Å². The molecular weight excluding hydrogens is 202 g/mol. The van der Waals surface area contributed by atoms with E-state index in [-0.39, 0.29) is 5.97 Å². The molecule has 86 valence electrons. The first kappa shape index (κ1) is 11.1. The largest absolute Gasteiger partial charge is 0.462 e. The van der Waals surface area contributed by atoms with Gasteiger partial charge in [0.15, 0.2) is 0 Å². The number of esters is 1. The van der Waals surface area contributed by atoms with Crippen LogP contribution in [0.1, 0.15) is 35.3 Å². The Bertz CT molecular complexity index is 401. The zero-order valence-corrected chi connectivity index (χ0v) is 9.75. The summed E-state index contributed by atoms with van der Waals surface area (Å²) in [6, 6.07) is 6.30. The number of nitrogens with one attached hydrogen (secondary N) is 1. The molecule has 3 nitrogen and oxygen atoms in total. The van der Waals surface area contributed by atoms with Crippen LogP contribution in [-0.2, 0) is 17.7 Å². The second-order valence-corrected chi connectivity index (χ2v) is 4.19. The molecule has 0 bridgehead atoms. The van der Waals surface area contributed by atoms with Crippen LogP contribution in [0.3, 0.4) is 0 Å². The maximum absolute atomic E-state index is 11.6. The average molecular weight is 219 g/mol. The third kappa shape index (κ3) is 2.25. The van der Waals surface area contributed by atoms with E-state index < -0.39 is 0 Å². The number of fused-ring (bicyclic) bond motifs is 1. The second-order valence-electron chi connectivity index (χ2n) is 4.19. The molecule has 0 radical (unpaired) electrons. The maximum Gasteiger partial charge on any atom is 0.338 e. The van der Waals surface area contributed by atoms with Crippen LogP contribution < -0.4 is 5.32 Å².